The monoisotopic (exact) mass is 351 g/mol. The first-order valence-electron chi connectivity index (χ1n) is 8.15. The Balaban J connectivity index is 1.90. The molecule has 2 aromatic carbocycles. The highest BCUT2D eigenvalue weighted by molar-refractivity contribution is 7.71. The van der Waals surface area contributed by atoms with Crippen molar-refractivity contribution >= 4 is 18.1 Å². The first-order chi connectivity index (χ1) is 12.0. The maximum atomic E-state index is 13.0. The van der Waals surface area contributed by atoms with Crippen molar-refractivity contribution in [3.8, 4) is 5.69 Å². The van der Waals surface area contributed by atoms with Crippen LogP contribution in [-0.4, -0.2) is 27.4 Å². The van der Waals surface area contributed by atoms with E-state index in [9.17, 15) is 4.79 Å². The number of aryl methyl sites for hydroxylation is 2. The van der Waals surface area contributed by atoms with Crippen molar-refractivity contribution in [2.45, 2.75) is 20.4 Å². The number of aromatic amines is 1. The second kappa shape index (κ2) is 7.07. The molecule has 0 unspecified atom stereocenters. The van der Waals surface area contributed by atoms with Crippen LogP contribution in [0.2, 0.25) is 0 Å². The summed E-state index contributed by atoms with van der Waals surface area (Å²) in [6.07, 6.45) is 1.68. The molecule has 0 spiro atoms. The van der Waals surface area contributed by atoms with E-state index in [4.69, 9.17) is 12.2 Å². The largest absolute Gasteiger partial charge is 0.336 e. The zero-order valence-corrected chi connectivity index (χ0v) is 15.4. The Bertz CT molecular complexity index is 957. The van der Waals surface area contributed by atoms with Gasteiger partial charge in [0.2, 0.25) is 0 Å². The van der Waals surface area contributed by atoms with Gasteiger partial charge in [-0.15, -0.1) is 0 Å². The average molecular weight is 351 g/mol. The van der Waals surface area contributed by atoms with E-state index >= 15 is 0 Å². The number of nitrogens with one attached hydrogen (secondary N) is 1. The number of hydrogen-bond acceptors (Lipinski definition) is 2. The molecule has 0 atom stereocenters. The fourth-order valence-corrected chi connectivity index (χ4v) is 3.17. The molecular weight excluding hydrogens is 330 g/mol. The van der Waals surface area contributed by atoms with E-state index in [-0.39, 0.29) is 5.91 Å². The number of amides is 1. The Morgan fingerprint density at radius 2 is 1.88 bits per heavy atom. The first kappa shape index (κ1) is 17.2. The van der Waals surface area contributed by atoms with Crippen LogP contribution in [0.1, 0.15) is 27.2 Å². The minimum atomic E-state index is -0.0730. The lowest BCUT2D eigenvalue weighted by Crippen LogP contribution is -2.28. The summed E-state index contributed by atoms with van der Waals surface area (Å²) in [5, 5.41) is 0. The Labute approximate surface area is 152 Å². The van der Waals surface area contributed by atoms with Crippen LogP contribution in [0.25, 0.3) is 5.69 Å². The number of nitrogens with zero attached hydrogens (tertiary/aromatic N) is 2. The third kappa shape index (κ3) is 3.56. The summed E-state index contributed by atoms with van der Waals surface area (Å²) in [4.78, 5) is 17.7. The molecule has 0 aliphatic heterocycles. The molecule has 0 aliphatic rings. The van der Waals surface area contributed by atoms with Crippen molar-refractivity contribution in [1.29, 1.82) is 0 Å². The van der Waals surface area contributed by atoms with Crippen LogP contribution < -0.4 is 0 Å². The molecule has 4 nitrogen and oxygen atoms in total. The van der Waals surface area contributed by atoms with Crippen LogP contribution in [0.4, 0.5) is 0 Å². The number of H-pyrrole nitrogens is 1. The molecule has 0 saturated heterocycles. The van der Waals surface area contributed by atoms with Crippen molar-refractivity contribution in [3.05, 3.63) is 81.9 Å². The Hall–Kier alpha value is -2.66. The summed E-state index contributed by atoms with van der Waals surface area (Å²) in [5.41, 5.74) is 4.95. The van der Waals surface area contributed by atoms with Gasteiger partial charge in [0, 0.05) is 25.5 Å². The molecular formula is C20H21N3OS. The lowest BCUT2D eigenvalue weighted by atomic mass is 10.1. The van der Waals surface area contributed by atoms with Gasteiger partial charge < -0.3 is 9.88 Å². The predicted molar refractivity (Wildman–Crippen MR) is 103 cm³/mol. The molecule has 5 heteroatoms. The fraction of sp³-hybridized carbons (Fsp3) is 0.200. The van der Waals surface area contributed by atoms with Crippen LogP contribution in [-0.2, 0) is 6.54 Å². The van der Waals surface area contributed by atoms with Gasteiger partial charge in [-0.05, 0) is 49.3 Å². The molecule has 0 radical (unpaired) electrons. The topological polar surface area (TPSA) is 41.0 Å². The number of aromatic nitrogens is 2. The minimum Gasteiger partial charge on any atom is -0.336 e. The third-order valence-electron chi connectivity index (χ3n) is 4.26. The van der Waals surface area contributed by atoms with Crippen molar-refractivity contribution in [2.75, 3.05) is 7.05 Å². The normalized spacial score (nSPS) is 10.7. The summed E-state index contributed by atoms with van der Waals surface area (Å²) >= 11 is 5.36. The third-order valence-corrected chi connectivity index (χ3v) is 4.56. The second-order valence-corrected chi connectivity index (χ2v) is 6.63. The summed E-state index contributed by atoms with van der Waals surface area (Å²) < 4.78 is 2.28. The van der Waals surface area contributed by atoms with Gasteiger partial charge in [-0.3, -0.25) is 9.36 Å². The van der Waals surface area contributed by atoms with Gasteiger partial charge in [0.05, 0.1) is 0 Å². The Morgan fingerprint density at radius 1 is 1.16 bits per heavy atom. The molecule has 128 valence electrons. The minimum absolute atomic E-state index is 0.0730. The van der Waals surface area contributed by atoms with E-state index in [2.05, 4.69) is 37.0 Å². The summed E-state index contributed by atoms with van der Waals surface area (Å²) in [6.45, 7) is 4.69. The highest BCUT2D eigenvalue weighted by Gasteiger charge is 2.19. The Morgan fingerprint density at radius 3 is 2.56 bits per heavy atom. The number of carbonyl (C=O) groups is 1. The van der Waals surface area contributed by atoms with Gasteiger partial charge in [-0.25, -0.2) is 0 Å². The van der Waals surface area contributed by atoms with Gasteiger partial charge in [-0.2, -0.15) is 0 Å². The lowest BCUT2D eigenvalue weighted by Gasteiger charge is -2.19. The fourth-order valence-electron chi connectivity index (χ4n) is 2.91. The highest BCUT2D eigenvalue weighted by Crippen LogP contribution is 2.17. The standard InChI is InChI=1S/C20H21N3OS/c1-14-9-10-16(15(2)11-14)13-22(3)19(24)18-12-21-20(25)23(18)17-7-5-4-6-8-17/h4-12H,13H2,1-3H3,(H,21,25). The van der Waals surface area contributed by atoms with Crippen molar-refractivity contribution in [1.82, 2.24) is 14.5 Å². The molecule has 0 aliphatic carbocycles. The van der Waals surface area contributed by atoms with Crippen LogP contribution in [0.15, 0.2) is 54.7 Å². The number of imidazole rings is 1. The number of hydrogen-bond donors (Lipinski definition) is 1. The molecule has 1 heterocycles. The first-order valence-corrected chi connectivity index (χ1v) is 8.55. The molecule has 1 N–H and O–H groups in total. The number of benzene rings is 2. The highest BCUT2D eigenvalue weighted by atomic mass is 32.1. The zero-order valence-electron chi connectivity index (χ0n) is 14.6. The number of rotatable bonds is 4. The zero-order chi connectivity index (χ0) is 18.0. The molecule has 3 aromatic rings. The lowest BCUT2D eigenvalue weighted by molar-refractivity contribution is 0.0777. The molecule has 1 amide bonds. The van der Waals surface area contributed by atoms with Crippen LogP contribution in [0, 0.1) is 18.6 Å². The van der Waals surface area contributed by atoms with Gasteiger partial charge >= 0.3 is 0 Å². The van der Waals surface area contributed by atoms with Gasteiger partial charge in [0.1, 0.15) is 5.69 Å². The second-order valence-electron chi connectivity index (χ2n) is 6.24. The maximum Gasteiger partial charge on any atom is 0.272 e. The van der Waals surface area contributed by atoms with E-state index in [1.54, 1.807) is 15.7 Å². The summed E-state index contributed by atoms with van der Waals surface area (Å²) in [6, 6.07) is 15.9. The molecule has 0 fully saturated rings. The van der Waals surface area contributed by atoms with Crippen molar-refractivity contribution in [3.63, 3.8) is 0 Å². The smallest absolute Gasteiger partial charge is 0.272 e. The number of para-hydroxylation sites is 1. The molecule has 0 bridgehead atoms. The average Bonchev–Trinajstić information content (AvgIpc) is 2.99. The van der Waals surface area contributed by atoms with E-state index in [1.807, 2.05) is 37.4 Å². The van der Waals surface area contributed by atoms with Crippen LogP contribution in [0.5, 0.6) is 0 Å². The van der Waals surface area contributed by atoms with Crippen molar-refractivity contribution in [2.24, 2.45) is 0 Å². The van der Waals surface area contributed by atoms with Gasteiger partial charge in [-0.1, -0.05) is 42.0 Å². The van der Waals surface area contributed by atoms with E-state index in [1.165, 1.54) is 11.1 Å². The van der Waals surface area contributed by atoms with E-state index in [0.29, 0.717) is 17.0 Å². The quantitative estimate of drug-likeness (QED) is 0.707. The summed E-state index contributed by atoms with van der Waals surface area (Å²) in [7, 11) is 1.81. The summed E-state index contributed by atoms with van der Waals surface area (Å²) in [5.74, 6) is -0.0730. The molecule has 0 saturated carbocycles. The predicted octanol–water partition coefficient (Wildman–Crippen LogP) is 4.42. The maximum absolute atomic E-state index is 13.0. The van der Waals surface area contributed by atoms with Gasteiger partial charge in [0.25, 0.3) is 5.91 Å². The van der Waals surface area contributed by atoms with E-state index < -0.39 is 0 Å². The Kier molecular flexibility index (Phi) is 4.86. The van der Waals surface area contributed by atoms with Crippen LogP contribution in [0.3, 0.4) is 0 Å². The molecule has 1 aromatic heterocycles. The molecule has 25 heavy (non-hydrogen) atoms. The number of carbonyl (C=O) groups excluding carboxylic acids is 1. The van der Waals surface area contributed by atoms with Crippen LogP contribution >= 0.6 is 12.2 Å². The van der Waals surface area contributed by atoms with Crippen molar-refractivity contribution < 1.29 is 4.79 Å². The molecule has 3 rings (SSSR count). The SMILES string of the molecule is Cc1ccc(CN(C)C(=O)c2c[nH]c(=S)n2-c2ccccc2)c(C)c1. The van der Waals surface area contributed by atoms with Gasteiger partial charge in [0.15, 0.2) is 4.77 Å². The van der Waals surface area contributed by atoms with E-state index in [0.717, 1.165) is 11.3 Å².